The quantitative estimate of drug-likeness (QED) is 0.604. The van der Waals surface area contributed by atoms with Crippen molar-refractivity contribution in [3.8, 4) is 5.75 Å². The third-order valence-electron chi connectivity index (χ3n) is 4.28. The normalized spacial score (nSPS) is 19.9. The Morgan fingerprint density at radius 3 is 2.54 bits per heavy atom. The van der Waals surface area contributed by atoms with Crippen LogP contribution < -0.4 is 15.6 Å². The Morgan fingerprint density at radius 1 is 1.35 bits per heavy atom. The van der Waals surface area contributed by atoms with E-state index in [4.69, 9.17) is 15.6 Å². The summed E-state index contributed by atoms with van der Waals surface area (Å²) < 4.78 is 27.9. The van der Waals surface area contributed by atoms with Crippen LogP contribution in [0.2, 0.25) is 0 Å². The van der Waals surface area contributed by atoms with E-state index in [2.05, 4.69) is 6.92 Å². The molecule has 4 N–H and O–H groups in total. The maximum absolute atomic E-state index is 12.2. The van der Waals surface area contributed by atoms with Crippen LogP contribution in [0.3, 0.4) is 0 Å². The van der Waals surface area contributed by atoms with Gasteiger partial charge in [0, 0.05) is 18.8 Å². The molecule has 0 saturated carbocycles. The third-order valence-corrected chi connectivity index (χ3v) is 6.11. The molecule has 148 valence electrons. The molecule has 1 aliphatic heterocycles. The molecule has 1 aromatic carbocycles. The van der Waals surface area contributed by atoms with Gasteiger partial charge in [0.2, 0.25) is 15.9 Å². The SMILES string of the molecule is CC1(CN)CCN(C(=O)CSCCOc2ccc(S(N)(=O)=O)cc2)C1.Cl. The summed E-state index contributed by atoms with van der Waals surface area (Å²) in [6.45, 7) is 4.66. The van der Waals surface area contributed by atoms with Crippen molar-refractivity contribution in [2.75, 3.05) is 37.7 Å². The molecule has 0 bridgehead atoms. The molecule has 1 saturated heterocycles. The second-order valence-electron chi connectivity index (χ2n) is 6.50. The molecule has 0 spiro atoms. The standard InChI is InChI=1S/C16H25N3O4S2.ClH/c1-16(11-17)6-7-19(12-16)15(20)10-24-9-8-23-13-2-4-14(5-3-13)25(18,21)22;/h2-5H,6-12,17H2,1H3,(H2,18,21,22);1H. The lowest BCUT2D eigenvalue weighted by Gasteiger charge is -2.22. The number of carbonyl (C=O) groups is 1. The van der Waals surface area contributed by atoms with Crippen LogP contribution in [0, 0.1) is 5.41 Å². The van der Waals surface area contributed by atoms with E-state index in [0.717, 1.165) is 19.5 Å². The fourth-order valence-corrected chi connectivity index (χ4v) is 3.82. The van der Waals surface area contributed by atoms with Gasteiger partial charge in [-0.3, -0.25) is 4.79 Å². The van der Waals surface area contributed by atoms with Gasteiger partial charge in [-0.2, -0.15) is 0 Å². The van der Waals surface area contributed by atoms with Crippen LogP contribution in [0.15, 0.2) is 29.2 Å². The first-order valence-electron chi connectivity index (χ1n) is 8.05. The molecule has 1 unspecified atom stereocenters. The van der Waals surface area contributed by atoms with Gasteiger partial charge >= 0.3 is 0 Å². The van der Waals surface area contributed by atoms with Gasteiger partial charge in [-0.15, -0.1) is 24.2 Å². The predicted molar refractivity (Wildman–Crippen MR) is 106 cm³/mol. The van der Waals surface area contributed by atoms with Crippen LogP contribution in [-0.2, 0) is 14.8 Å². The zero-order chi connectivity index (χ0) is 18.5. The monoisotopic (exact) mass is 423 g/mol. The maximum Gasteiger partial charge on any atom is 0.238 e. The molecular weight excluding hydrogens is 398 g/mol. The van der Waals surface area contributed by atoms with Crippen molar-refractivity contribution >= 4 is 40.1 Å². The molecule has 1 heterocycles. The smallest absolute Gasteiger partial charge is 0.238 e. The molecular formula is C16H26ClN3O4S2. The number of hydrogen-bond acceptors (Lipinski definition) is 6. The number of hydrogen-bond donors (Lipinski definition) is 2. The van der Waals surface area contributed by atoms with Crippen molar-refractivity contribution in [2.24, 2.45) is 16.3 Å². The van der Waals surface area contributed by atoms with E-state index in [1.807, 2.05) is 4.90 Å². The molecule has 10 heteroatoms. The fraction of sp³-hybridized carbons (Fsp3) is 0.562. The molecule has 1 fully saturated rings. The van der Waals surface area contributed by atoms with Crippen molar-refractivity contribution in [2.45, 2.75) is 18.2 Å². The number of primary sulfonamides is 1. The van der Waals surface area contributed by atoms with Crippen LogP contribution in [0.4, 0.5) is 0 Å². The number of likely N-dealkylation sites (tertiary alicyclic amines) is 1. The number of rotatable bonds is 8. The highest BCUT2D eigenvalue weighted by molar-refractivity contribution is 7.99. The highest BCUT2D eigenvalue weighted by Crippen LogP contribution is 2.28. The van der Waals surface area contributed by atoms with Crippen LogP contribution >= 0.6 is 24.2 Å². The van der Waals surface area contributed by atoms with E-state index in [1.54, 1.807) is 12.1 Å². The fourth-order valence-electron chi connectivity index (χ4n) is 2.60. The number of amides is 1. The summed E-state index contributed by atoms with van der Waals surface area (Å²) >= 11 is 1.52. The maximum atomic E-state index is 12.2. The molecule has 1 aliphatic rings. The summed E-state index contributed by atoms with van der Waals surface area (Å²) in [6, 6.07) is 5.94. The van der Waals surface area contributed by atoms with Crippen LogP contribution in [0.5, 0.6) is 5.75 Å². The Labute approximate surface area is 165 Å². The van der Waals surface area contributed by atoms with Gasteiger partial charge in [0.25, 0.3) is 0 Å². The molecule has 1 amide bonds. The summed E-state index contributed by atoms with van der Waals surface area (Å²) in [6.07, 6.45) is 0.956. The zero-order valence-corrected chi connectivity index (χ0v) is 17.2. The highest BCUT2D eigenvalue weighted by atomic mass is 35.5. The lowest BCUT2D eigenvalue weighted by Crippen LogP contribution is -2.35. The number of sulfonamides is 1. The average Bonchev–Trinajstić information content (AvgIpc) is 2.97. The predicted octanol–water partition coefficient (Wildman–Crippen LogP) is 1.07. The highest BCUT2D eigenvalue weighted by Gasteiger charge is 2.34. The molecule has 0 aromatic heterocycles. The topological polar surface area (TPSA) is 116 Å². The largest absolute Gasteiger partial charge is 0.493 e. The molecule has 0 radical (unpaired) electrons. The Hall–Kier alpha value is -1.00. The third kappa shape index (κ3) is 6.62. The van der Waals surface area contributed by atoms with E-state index in [0.29, 0.717) is 30.4 Å². The molecule has 0 aliphatic carbocycles. The number of nitrogens with zero attached hydrogens (tertiary/aromatic N) is 1. The summed E-state index contributed by atoms with van der Waals surface area (Å²) in [5.41, 5.74) is 5.81. The van der Waals surface area contributed by atoms with Gasteiger partial charge in [-0.05, 0) is 42.6 Å². The van der Waals surface area contributed by atoms with Gasteiger partial charge in [0.1, 0.15) is 5.75 Å². The van der Waals surface area contributed by atoms with E-state index in [9.17, 15) is 13.2 Å². The van der Waals surface area contributed by atoms with Crippen molar-refractivity contribution in [3.05, 3.63) is 24.3 Å². The van der Waals surface area contributed by atoms with E-state index in [-0.39, 0.29) is 28.6 Å². The second-order valence-corrected chi connectivity index (χ2v) is 9.16. The minimum Gasteiger partial charge on any atom is -0.493 e. The van der Waals surface area contributed by atoms with Gasteiger partial charge in [-0.25, -0.2) is 13.6 Å². The van der Waals surface area contributed by atoms with Gasteiger partial charge < -0.3 is 15.4 Å². The van der Waals surface area contributed by atoms with Gasteiger partial charge in [0.05, 0.1) is 17.3 Å². The summed E-state index contributed by atoms with van der Waals surface area (Å²) in [4.78, 5) is 14.1. The van der Waals surface area contributed by atoms with Crippen molar-refractivity contribution in [1.82, 2.24) is 4.90 Å². The Kier molecular flexibility index (Phi) is 8.68. The number of ether oxygens (including phenoxy) is 1. The van der Waals surface area contributed by atoms with Gasteiger partial charge in [-0.1, -0.05) is 6.92 Å². The lowest BCUT2D eigenvalue weighted by molar-refractivity contribution is -0.127. The Balaban J connectivity index is 0.00000338. The van der Waals surface area contributed by atoms with E-state index in [1.165, 1.54) is 23.9 Å². The number of nitrogens with two attached hydrogens (primary N) is 2. The van der Waals surface area contributed by atoms with Crippen LogP contribution in [0.1, 0.15) is 13.3 Å². The van der Waals surface area contributed by atoms with E-state index >= 15 is 0 Å². The molecule has 26 heavy (non-hydrogen) atoms. The van der Waals surface area contributed by atoms with Crippen molar-refractivity contribution in [1.29, 1.82) is 0 Å². The molecule has 1 atom stereocenters. The molecule has 2 rings (SSSR count). The van der Waals surface area contributed by atoms with Crippen molar-refractivity contribution in [3.63, 3.8) is 0 Å². The number of thioether (sulfide) groups is 1. The summed E-state index contributed by atoms with van der Waals surface area (Å²) in [7, 11) is -3.69. The first-order chi connectivity index (χ1) is 11.7. The second kappa shape index (κ2) is 9.80. The van der Waals surface area contributed by atoms with Crippen LogP contribution in [0.25, 0.3) is 0 Å². The minimum atomic E-state index is -3.69. The first kappa shape index (κ1) is 23.0. The average molecular weight is 424 g/mol. The lowest BCUT2D eigenvalue weighted by atomic mass is 9.90. The zero-order valence-electron chi connectivity index (χ0n) is 14.7. The van der Waals surface area contributed by atoms with Gasteiger partial charge in [0.15, 0.2) is 0 Å². The number of benzene rings is 1. The minimum absolute atomic E-state index is 0. The first-order valence-corrected chi connectivity index (χ1v) is 10.7. The summed E-state index contributed by atoms with van der Waals surface area (Å²) in [5.74, 6) is 1.80. The molecule has 7 nitrogen and oxygen atoms in total. The van der Waals surface area contributed by atoms with E-state index < -0.39 is 10.0 Å². The Morgan fingerprint density at radius 2 is 2.00 bits per heavy atom. The number of halogens is 1. The molecule has 1 aromatic rings. The Bertz CT molecular complexity index is 700. The van der Waals surface area contributed by atoms with Crippen LogP contribution in [-0.4, -0.2) is 57.0 Å². The number of carbonyl (C=O) groups excluding carboxylic acids is 1. The van der Waals surface area contributed by atoms with Crippen molar-refractivity contribution < 1.29 is 17.9 Å². The summed E-state index contributed by atoms with van der Waals surface area (Å²) in [5, 5.41) is 5.04.